The number of hydrogen-bond donors (Lipinski definition) is 0. The molecule has 1 aromatic heterocycles. The lowest BCUT2D eigenvalue weighted by Crippen LogP contribution is -2.00. The molecule has 0 amide bonds. The maximum Gasteiger partial charge on any atom is 0.128 e. The molecule has 3 rings (SSSR count). The Labute approximate surface area is 163 Å². The van der Waals surface area contributed by atoms with Gasteiger partial charge in [-0.2, -0.15) is 0 Å². The lowest BCUT2D eigenvalue weighted by atomic mass is 9.94. The van der Waals surface area contributed by atoms with Gasteiger partial charge >= 0.3 is 0 Å². The largest absolute Gasteiger partial charge is 0.488 e. The van der Waals surface area contributed by atoms with Crippen molar-refractivity contribution in [2.24, 2.45) is 0 Å². The Kier molecular flexibility index (Phi) is 7.27. The lowest BCUT2D eigenvalue weighted by molar-refractivity contribution is 0.307. The van der Waals surface area contributed by atoms with Crippen molar-refractivity contribution in [3.05, 3.63) is 73.9 Å². The van der Waals surface area contributed by atoms with Gasteiger partial charge in [0.15, 0.2) is 0 Å². The maximum absolute atomic E-state index is 6.20. The first-order valence-electron chi connectivity index (χ1n) is 8.59. The molecular formula is C22H25BrOS. The minimum Gasteiger partial charge on any atom is -0.488 e. The Hall–Kier alpha value is -1.58. The summed E-state index contributed by atoms with van der Waals surface area (Å²) in [5.74, 6) is 0.952. The van der Waals surface area contributed by atoms with Gasteiger partial charge in [-0.05, 0) is 76.5 Å². The second-order valence-corrected chi connectivity index (χ2v) is 7.93. The summed E-state index contributed by atoms with van der Waals surface area (Å²) in [5, 5.41) is 2.11. The average molecular weight is 417 g/mol. The van der Waals surface area contributed by atoms with Crippen LogP contribution in [0.15, 0.2) is 51.6 Å². The third kappa shape index (κ3) is 4.53. The molecule has 0 spiro atoms. The van der Waals surface area contributed by atoms with E-state index < -0.39 is 0 Å². The first-order chi connectivity index (χ1) is 12.1. The fourth-order valence-corrected chi connectivity index (χ4v) is 3.98. The van der Waals surface area contributed by atoms with Crippen molar-refractivity contribution < 1.29 is 4.74 Å². The molecule has 0 radical (unpaired) electrons. The molecule has 1 nitrogen and oxygen atoms in total. The van der Waals surface area contributed by atoms with Gasteiger partial charge in [-0.1, -0.05) is 44.2 Å². The number of hydrogen-bond acceptors (Lipinski definition) is 2. The normalized spacial score (nSPS) is 10.2. The molecule has 0 aliphatic heterocycles. The van der Waals surface area contributed by atoms with Gasteiger partial charge < -0.3 is 4.74 Å². The van der Waals surface area contributed by atoms with Crippen molar-refractivity contribution in [1.82, 2.24) is 0 Å². The summed E-state index contributed by atoms with van der Waals surface area (Å²) >= 11 is 5.38. The van der Waals surface area contributed by atoms with E-state index in [4.69, 9.17) is 4.74 Å². The van der Waals surface area contributed by atoms with Gasteiger partial charge in [0.25, 0.3) is 0 Å². The third-order valence-corrected chi connectivity index (χ3v) is 5.93. The van der Waals surface area contributed by atoms with E-state index in [2.05, 4.69) is 66.3 Å². The molecular weight excluding hydrogens is 392 g/mol. The topological polar surface area (TPSA) is 9.23 Å². The predicted molar refractivity (Wildman–Crippen MR) is 114 cm³/mol. The van der Waals surface area contributed by atoms with Crippen molar-refractivity contribution >= 4 is 27.3 Å². The van der Waals surface area contributed by atoms with Crippen LogP contribution in [-0.4, -0.2) is 0 Å². The van der Waals surface area contributed by atoms with E-state index in [1.165, 1.54) is 33.4 Å². The Morgan fingerprint density at radius 3 is 2.24 bits per heavy atom. The summed E-state index contributed by atoms with van der Waals surface area (Å²) in [6.07, 6.45) is 0. The molecule has 132 valence electrons. The highest BCUT2D eigenvalue weighted by Gasteiger charge is 2.17. The average Bonchev–Trinajstić information content (AvgIpc) is 3.06. The Morgan fingerprint density at radius 2 is 1.64 bits per heavy atom. The Balaban J connectivity index is 0.00000109. The van der Waals surface area contributed by atoms with Gasteiger partial charge in [0.2, 0.25) is 0 Å². The molecule has 2 aromatic carbocycles. The molecule has 0 aliphatic carbocycles. The van der Waals surface area contributed by atoms with Crippen molar-refractivity contribution in [2.45, 2.75) is 41.2 Å². The van der Waals surface area contributed by atoms with E-state index in [9.17, 15) is 0 Å². The number of ether oxygens (including phenoxy) is 1. The number of halogens is 1. The zero-order chi connectivity index (χ0) is 18.4. The van der Waals surface area contributed by atoms with E-state index in [-0.39, 0.29) is 0 Å². The summed E-state index contributed by atoms with van der Waals surface area (Å²) in [7, 11) is 0. The van der Waals surface area contributed by atoms with Gasteiger partial charge in [0, 0.05) is 11.1 Å². The molecule has 0 saturated heterocycles. The van der Waals surface area contributed by atoms with E-state index in [0.29, 0.717) is 6.61 Å². The van der Waals surface area contributed by atoms with Crippen LogP contribution in [0.25, 0.3) is 11.1 Å². The molecule has 0 saturated carbocycles. The second-order valence-electron chi connectivity index (χ2n) is 5.70. The third-order valence-electron chi connectivity index (χ3n) is 4.25. The molecule has 0 N–H and O–H groups in total. The first kappa shape index (κ1) is 19.7. The number of thiophene rings is 1. The van der Waals surface area contributed by atoms with Gasteiger partial charge in [-0.25, -0.2) is 0 Å². The summed E-state index contributed by atoms with van der Waals surface area (Å²) < 4.78 is 7.35. The second kappa shape index (κ2) is 9.21. The van der Waals surface area contributed by atoms with Crippen LogP contribution >= 0.6 is 27.3 Å². The van der Waals surface area contributed by atoms with Crippen LogP contribution in [-0.2, 0) is 6.61 Å². The predicted octanol–water partition coefficient (Wildman–Crippen LogP) is 7.71. The molecule has 3 heteroatoms. The number of aryl methyl sites for hydroxylation is 1. The minimum atomic E-state index is 0.581. The highest BCUT2D eigenvalue weighted by molar-refractivity contribution is 9.11. The molecule has 0 fully saturated rings. The van der Waals surface area contributed by atoms with Gasteiger partial charge in [0.1, 0.15) is 12.4 Å². The monoisotopic (exact) mass is 416 g/mol. The highest BCUT2D eigenvalue weighted by atomic mass is 79.9. The molecule has 25 heavy (non-hydrogen) atoms. The van der Waals surface area contributed by atoms with E-state index in [1.807, 2.05) is 32.0 Å². The standard InChI is InChI=1S/C20H19BrOS.C2H6/c1-13-11-18(22-12-16-7-5-4-6-8-16)19(15(3)14(13)2)17-9-10-23-20(17)21;1-2/h4-11H,12H2,1-3H3;1-2H3. The SMILES string of the molecule is CC.Cc1cc(OCc2ccccc2)c(-c2ccsc2Br)c(C)c1C. The van der Waals surface area contributed by atoms with E-state index >= 15 is 0 Å². The fraction of sp³-hybridized carbons (Fsp3) is 0.273. The first-order valence-corrected chi connectivity index (χ1v) is 10.3. The van der Waals surface area contributed by atoms with Crippen LogP contribution in [0.1, 0.15) is 36.1 Å². The van der Waals surface area contributed by atoms with Crippen molar-refractivity contribution in [2.75, 3.05) is 0 Å². The van der Waals surface area contributed by atoms with Crippen LogP contribution in [0.4, 0.5) is 0 Å². The van der Waals surface area contributed by atoms with Crippen molar-refractivity contribution in [1.29, 1.82) is 0 Å². The van der Waals surface area contributed by atoms with Crippen LogP contribution in [0.3, 0.4) is 0 Å². The molecule has 0 bridgehead atoms. The number of benzene rings is 2. The zero-order valence-electron chi connectivity index (χ0n) is 15.5. The van der Waals surface area contributed by atoms with Crippen LogP contribution in [0, 0.1) is 20.8 Å². The maximum atomic E-state index is 6.20. The van der Waals surface area contributed by atoms with Crippen molar-refractivity contribution in [3.63, 3.8) is 0 Å². The highest BCUT2D eigenvalue weighted by Crippen LogP contribution is 2.42. The van der Waals surface area contributed by atoms with Gasteiger partial charge in [-0.3, -0.25) is 0 Å². The summed E-state index contributed by atoms with van der Waals surface area (Å²) in [6.45, 7) is 11.1. The van der Waals surface area contributed by atoms with E-state index in [0.717, 1.165) is 9.54 Å². The molecule has 1 heterocycles. The van der Waals surface area contributed by atoms with Crippen molar-refractivity contribution in [3.8, 4) is 16.9 Å². The molecule has 3 aromatic rings. The van der Waals surface area contributed by atoms with Crippen LogP contribution in [0.5, 0.6) is 5.75 Å². The van der Waals surface area contributed by atoms with Crippen LogP contribution in [0.2, 0.25) is 0 Å². The smallest absolute Gasteiger partial charge is 0.128 e. The van der Waals surface area contributed by atoms with Gasteiger partial charge in [-0.15, -0.1) is 11.3 Å². The molecule has 0 unspecified atom stereocenters. The summed E-state index contributed by atoms with van der Waals surface area (Å²) in [6, 6.07) is 14.6. The molecule has 0 atom stereocenters. The number of rotatable bonds is 4. The van der Waals surface area contributed by atoms with E-state index in [1.54, 1.807) is 11.3 Å². The molecule has 0 aliphatic rings. The minimum absolute atomic E-state index is 0.581. The quantitative estimate of drug-likeness (QED) is 0.422. The van der Waals surface area contributed by atoms with Crippen LogP contribution < -0.4 is 4.74 Å². The van der Waals surface area contributed by atoms with Gasteiger partial charge in [0.05, 0.1) is 3.79 Å². The zero-order valence-corrected chi connectivity index (χ0v) is 17.9. The summed E-state index contributed by atoms with van der Waals surface area (Å²) in [4.78, 5) is 0. The Morgan fingerprint density at radius 1 is 0.960 bits per heavy atom. The summed E-state index contributed by atoms with van der Waals surface area (Å²) in [5.41, 5.74) is 7.45. The Bertz CT molecular complexity index is 822. The fourth-order valence-electron chi connectivity index (χ4n) is 2.70. The lowest BCUT2D eigenvalue weighted by Gasteiger charge is -2.18.